The molecule has 2 heteroatoms. The molecule has 1 saturated heterocycles. The molecule has 2 fully saturated rings. The number of rotatable bonds is 2. The average Bonchev–Trinajstić information content (AvgIpc) is 3.02. The largest absolute Gasteiger partial charge is 0.392 e. The van der Waals surface area contributed by atoms with Crippen molar-refractivity contribution in [1.29, 1.82) is 0 Å². The molecule has 2 unspecified atom stereocenters. The SMILES string of the molecule is OC1CNC(c2ccccc2C2CC2)C1. The Balaban J connectivity index is 1.89. The Hall–Kier alpha value is -0.860. The van der Waals surface area contributed by atoms with Crippen molar-refractivity contribution in [2.75, 3.05) is 6.54 Å². The summed E-state index contributed by atoms with van der Waals surface area (Å²) in [5.41, 5.74) is 2.92. The molecule has 2 aliphatic rings. The highest BCUT2D eigenvalue weighted by molar-refractivity contribution is 5.36. The summed E-state index contributed by atoms with van der Waals surface area (Å²) in [6, 6.07) is 9.07. The molecule has 80 valence electrons. The Labute approximate surface area is 90.3 Å². The van der Waals surface area contributed by atoms with E-state index in [0.29, 0.717) is 6.04 Å². The zero-order valence-corrected chi connectivity index (χ0v) is 8.82. The molecule has 0 radical (unpaired) electrons. The van der Waals surface area contributed by atoms with Crippen LogP contribution in [0.4, 0.5) is 0 Å². The van der Waals surface area contributed by atoms with Crippen molar-refractivity contribution in [1.82, 2.24) is 5.32 Å². The van der Waals surface area contributed by atoms with E-state index in [-0.39, 0.29) is 6.10 Å². The van der Waals surface area contributed by atoms with Gasteiger partial charge in [-0.25, -0.2) is 0 Å². The van der Waals surface area contributed by atoms with Crippen LogP contribution in [0.2, 0.25) is 0 Å². The van der Waals surface area contributed by atoms with Crippen LogP contribution in [0.5, 0.6) is 0 Å². The first-order valence-electron chi connectivity index (χ1n) is 5.85. The van der Waals surface area contributed by atoms with Crippen molar-refractivity contribution in [3.63, 3.8) is 0 Å². The van der Waals surface area contributed by atoms with Gasteiger partial charge in [0.15, 0.2) is 0 Å². The highest BCUT2D eigenvalue weighted by Gasteiger charge is 2.30. The lowest BCUT2D eigenvalue weighted by atomic mass is 9.96. The number of nitrogens with one attached hydrogen (secondary N) is 1. The van der Waals surface area contributed by atoms with E-state index in [2.05, 4.69) is 29.6 Å². The van der Waals surface area contributed by atoms with Crippen LogP contribution in [0.15, 0.2) is 24.3 Å². The Morgan fingerprint density at radius 3 is 2.47 bits per heavy atom. The monoisotopic (exact) mass is 203 g/mol. The Morgan fingerprint density at radius 1 is 1.13 bits per heavy atom. The molecule has 1 aromatic carbocycles. The van der Waals surface area contributed by atoms with Gasteiger partial charge in [0, 0.05) is 12.6 Å². The summed E-state index contributed by atoms with van der Waals surface area (Å²) in [5, 5.41) is 12.9. The van der Waals surface area contributed by atoms with Gasteiger partial charge in [-0.2, -0.15) is 0 Å². The molecule has 1 heterocycles. The maximum absolute atomic E-state index is 9.54. The predicted octanol–water partition coefficient (Wildman–Crippen LogP) is 1.96. The third-order valence-corrected chi connectivity index (χ3v) is 3.50. The molecule has 1 aliphatic heterocycles. The fraction of sp³-hybridized carbons (Fsp3) is 0.538. The molecule has 0 bridgehead atoms. The fourth-order valence-electron chi connectivity index (χ4n) is 2.55. The van der Waals surface area contributed by atoms with Crippen LogP contribution in [0.25, 0.3) is 0 Å². The molecule has 1 saturated carbocycles. The van der Waals surface area contributed by atoms with Gasteiger partial charge in [-0.05, 0) is 36.3 Å². The Bertz CT molecular complexity index is 359. The van der Waals surface area contributed by atoms with Crippen LogP contribution < -0.4 is 5.32 Å². The molecule has 0 amide bonds. The summed E-state index contributed by atoms with van der Waals surface area (Å²) >= 11 is 0. The van der Waals surface area contributed by atoms with Gasteiger partial charge in [-0.15, -0.1) is 0 Å². The van der Waals surface area contributed by atoms with Crippen LogP contribution >= 0.6 is 0 Å². The van der Waals surface area contributed by atoms with Gasteiger partial charge in [0.05, 0.1) is 6.10 Å². The third-order valence-electron chi connectivity index (χ3n) is 3.50. The second-order valence-corrected chi connectivity index (χ2v) is 4.75. The Morgan fingerprint density at radius 2 is 1.87 bits per heavy atom. The summed E-state index contributed by atoms with van der Waals surface area (Å²) in [6.07, 6.45) is 3.38. The summed E-state index contributed by atoms with van der Waals surface area (Å²) in [6.45, 7) is 0.740. The molecule has 3 rings (SSSR count). The number of benzene rings is 1. The topological polar surface area (TPSA) is 32.3 Å². The normalized spacial score (nSPS) is 30.7. The van der Waals surface area contributed by atoms with Crippen molar-refractivity contribution >= 4 is 0 Å². The van der Waals surface area contributed by atoms with Crippen molar-refractivity contribution in [2.45, 2.75) is 37.3 Å². The summed E-state index contributed by atoms with van der Waals surface area (Å²) in [5.74, 6) is 0.792. The van der Waals surface area contributed by atoms with E-state index in [9.17, 15) is 5.11 Å². The van der Waals surface area contributed by atoms with Gasteiger partial charge in [0.25, 0.3) is 0 Å². The lowest BCUT2D eigenvalue weighted by Gasteiger charge is -2.15. The molecule has 0 spiro atoms. The van der Waals surface area contributed by atoms with Crippen molar-refractivity contribution < 1.29 is 5.11 Å². The van der Waals surface area contributed by atoms with E-state index < -0.39 is 0 Å². The van der Waals surface area contributed by atoms with Crippen LogP contribution in [0.3, 0.4) is 0 Å². The van der Waals surface area contributed by atoms with Gasteiger partial charge in [-0.1, -0.05) is 24.3 Å². The van der Waals surface area contributed by atoms with Crippen molar-refractivity contribution in [2.24, 2.45) is 0 Å². The van der Waals surface area contributed by atoms with Crippen LogP contribution in [-0.2, 0) is 0 Å². The van der Waals surface area contributed by atoms with E-state index in [1.165, 1.54) is 24.0 Å². The van der Waals surface area contributed by atoms with Gasteiger partial charge in [0.1, 0.15) is 0 Å². The molecule has 2 atom stereocenters. The molecule has 0 aromatic heterocycles. The maximum Gasteiger partial charge on any atom is 0.0682 e. The first kappa shape index (κ1) is 9.37. The second kappa shape index (κ2) is 3.62. The van der Waals surface area contributed by atoms with E-state index >= 15 is 0 Å². The lowest BCUT2D eigenvalue weighted by molar-refractivity contribution is 0.193. The highest BCUT2D eigenvalue weighted by Crippen LogP contribution is 2.43. The number of hydrogen-bond donors (Lipinski definition) is 2. The molecule has 2 nitrogen and oxygen atoms in total. The van der Waals surface area contributed by atoms with Crippen LogP contribution in [0.1, 0.15) is 42.3 Å². The molecule has 1 aromatic rings. The maximum atomic E-state index is 9.54. The summed E-state index contributed by atoms with van der Waals surface area (Å²) in [7, 11) is 0. The number of aliphatic hydroxyl groups excluding tert-OH is 1. The fourth-order valence-corrected chi connectivity index (χ4v) is 2.55. The molecule has 15 heavy (non-hydrogen) atoms. The van der Waals surface area contributed by atoms with E-state index in [1.54, 1.807) is 0 Å². The van der Waals surface area contributed by atoms with Crippen molar-refractivity contribution in [3.8, 4) is 0 Å². The lowest BCUT2D eigenvalue weighted by Crippen LogP contribution is -2.15. The van der Waals surface area contributed by atoms with Crippen LogP contribution in [-0.4, -0.2) is 17.8 Å². The minimum absolute atomic E-state index is 0.165. The Kier molecular flexibility index (Phi) is 2.26. The van der Waals surface area contributed by atoms with Gasteiger partial charge < -0.3 is 10.4 Å². The molecular weight excluding hydrogens is 186 g/mol. The van der Waals surface area contributed by atoms with E-state index in [0.717, 1.165) is 18.9 Å². The molecule has 1 aliphatic carbocycles. The summed E-state index contributed by atoms with van der Waals surface area (Å²) in [4.78, 5) is 0. The van der Waals surface area contributed by atoms with Crippen LogP contribution in [0, 0.1) is 0 Å². The highest BCUT2D eigenvalue weighted by atomic mass is 16.3. The predicted molar refractivity (Wildman–Crippen MR) is 59.8 cm³/mol. The summed E-state index contributed by atoms with van der Waals surface area (Å²) < 4.78 is 0. The molecule has 2 N–H and O–H groups in total. The van der Waals surface area contributed by atoms with Crippen molar-refractivity contribution in [3.05, 3.63) is 35.4 Å². The average molecular weight is 203 g/mol. The quantitative estimate of drug-likeness (QED) is 0.770. The first-order chi connectivity index (χ1) is 7.34. The standard InChI is InChI=1S/C13H17NO/c15-10-7-13(14-8-10)12-4-2-1-3-11(12)9-5-6-9/h1-4,9-10,13-15H,5-8H2. The molecular formula is C13H17NO. The number of β-amino-alcohol motifs (C(OH)–C–C–N with tert-alkyl or cyclic N) is 1. The smallest absolute Gasteiger partial charge is 0.0682 e. The number of aliphatic hydroxyl groups is 1. The minimum Gasteiger partial charge on any atom is -0.392 e. The van der Waals surface area contributed by atoms with E-state index in [1.807, 2.05) is 0 Å². The third kappa shape index (κ3) is 1.80. The minimum atomic E-state index is -0.165. The van der Waals surface area contributed by atoms with Gasteiger partial charge in [-0.3, -0.25) is 0 Å². The number of hydrogen-bond acceptors (Lipinski definition) is 2. The van der Waals surface area contributed by atoms with E-state index in [4.69, 9.17) is 0 Å². The second-order valence-electron chi connectivity index (χ2n) is 4.75. The zero-order valence-electron chi connectivity index (χ0n) is 8.82. The van der Waals surface area contributed by atoms with Gasteiger partial charge >= 0.3 is 0 Å². The zero-order chi connectivity index (χ0) is 10.3. The van der Waals surface area contributed by atoms with Gasteiger partial charge in [0.2, 0.25) is 0 Å². The first-order valence-corrected chi connectivity index (χ1v) is 5.85.